The lowest BCUT2D eigenvalue weighted by molar-refractivity contribution is 0.104. The Balaban J connectivity index is 2.11. The molecule has 92 valence electrons. The summed E-state index contributed by atoms with van der Waals surface area (Å²) in [6, 6.07) is 16.9. The van der Waals surface area contributed by atoms with E-state index in [1.54, 1.807) is 18.2 Å². The van der Waals surface area contributed by atoms with Gasteiger partial charge in [-0.15, -0.1) is 0 Å². The van der Waals surface area contributed by atoms with Gasteiger partial charge in [-0.05, 0) is 41.2 Å². The lowest BCUT2D eigenvalue weighted by atomic mass is 10.1. The lowest BCUT2D eigenvalue weighted by Crippen LogP contribution is -1.93. The number of carbonyl (C=O) groups is 1. The van der Waals surface area contributed by atoms with Crippen LogP contribution in [0.3, 0.4) is 0 Å². The summed E-state index contributed by atoms with van der Waals surface area (Å²) in [7, 11) is 0. The first-order valence-corrected chi connectivity index (χ1v) is 6.27. The second-order valence-corrected chi connectivity index (χ2v) is 4.15. The molecule has 2 heteroatoms. The first-order chi connectivity index (χ1) is 9.29. The van der Waals surface area contributed by atoms with Gasteiger partial charge < -0.3 is 0 Å². The second kappa shape index (κ2) is 6.63. The number of allylic oxidation sites excluding steroid dienone is 1. The molecule has 0 aliphatic heterocycles. The van der Waals surface area contributed by atoms with E-state index in [0.717, 1.165) is 11.1 Å². The molecule has 0 unspecified atom stereocenters. The van der Waals surface area contributed by atoms with Crippen molar-refractivity contribution in [1.29, 1.82) is 0 Å². The van der Waals surface area contributed by atoms with Crippen LogP contribution in [0.4, 0.5) is 0 Å². The Hall–Kier alpha value is -2.24. The molecule has 0 aliphatic carbocycles. The molecule has 0 saturated heterocycles. The van der Waals surface area contributed by atoms with Crippen LogP contribution in [0.25, 0.3) is 6.08 Å². The van der Waals surface area contributed by atoms with Crippen molar-refractivity contribution in [2.45, 2.75) is 0 Å². The minimum atomic E-state index is -0.0192. The molecule has 0 heterocycles. The van der Waals surface area contributed by atoms with Crippen molar-refractivity contribution in [2.75, 3.05) is 0 Å². The van der Waals surface area contributed by atoms with E-state index in [0.29, 0.717) is 5.56 Å². The summed E-state index contributed by atoms with van der Waals surface area (Å²) in [6.07, 6.45) is 3.39. The van der Waals surface area contributed by atoms with Crippen molar-refractivity contribution in [3.63, 3.8) is 0 Å². The molecule has 0 spiro atoms. The maximum atomic E-state index is 11.9. The van der Waals surface area contributed by atoms with E-state index < -0.39 is 0 Å². The first-order valence-electron chi connectivity index (χ1n) is 5.82. The molecular weight excluding hydrogens is 252 g/mol. The minimum Gasteiger partial charge on any atom is -0.289 e. The molecule has 0 fully saturated rings. The summed E-state index contributed by atoms with van der Waals surface area (Å²) < 4.78 is 0. The second-order valence-electron chi connectivity index (χ2n) is 3.92. The molecule has 2 aromatic carbocycles. The molecular formula is C17H12OS. The zero-order valence-corrected chi connectivity index (χ0v) is 11.1. The van der Waals surface area contributed by atoms with Gasteiger partial charge in [-0.1, -0.05) is 55.0 Å². The van der Waals surface area contributed by atoms with E-state index in [4.69, 9.17) is 0 Å². The molecule has 0 N–H and O–H groups in total. The monoisotopic (exact) mass is 264 g/mol. The SMILES string of the molecule is O=C(/C=C/c1ccccc1)c1ccc(C#CS)cc1. The fraction of sp³-hybridized carbons (Fsp3) is 0. The van der Waals surface area contributed by atoms with Crippen LogP contribution in [0.15, 0.2) is 60.7 Å². The third-order valence-corrected chi connectivity index (χ3v) is 2.71. The van der Waals surface area contributed by atoms with Crippen molar-refractivity contribution < 1.29 is 4.79 Å². The van der Waals surface area contributed by atoms with Crippen molar-refractivity contribution in [1.82, 2.24) is 0 Å². The fourth-order valence-electron chi connectivity index (χ4n) is 1.61. The number of hydrogen-bond donors (Lipinski definition) is 1. The van der Waals surface area contributed by atoms with Gasteiger partial charge in [-0.25, -0.2) is 0 Å². The number of thiol groups is 1. The van der Waals surface area contributed by atoms with E-state index in [-0.39, 0.29) is 5.78 Å². The number of carbonyl (C=O) groups excluding carboxylic acids is 1. The molecule has 0 aliphatic rings. The van der Waals surface area contributed by atoms with Gasteiger partial charge >= 0.3 is 0 Å². The maximum absolute atomic E-state index is 11.9. The van der Waals surface area contributed by atoms with Crippen molar-refractivity contribution in [2.24, 2.45) is 0 Å². The number of rotatable bonds is 3. The van der Waals surface area contributed by atoms with Gasteiger partial charge in [0.1, 0.15) is 0 Å². The standard InChI is InChI=1S/C17H12OS/c18-17(11-8-14-4-2-1-3-5-14)16-9-6-15(7-10-16)12-13-19/h1-11,19H/b11-8+. The quantitative estimate of drug-likeness (QED) is 0.386. The van der Waals surface area contributed by atoms with Crippen LogP contribution in [-0.2, 0) is 0 Å². The summed E-state index contributed by atoms with van der Waals surface area (Å²) in [5.74, 6) is 2.80. The largest absolute Gasteiger partial charge is 0.289 e. The summed E-state index contributed by atoms with van der Waals surface area (Å²) in [5, 5.41) is 2.52. The highest BCUT2D eigenvalue weighted by Crippen LogP contribution is 2.07. The van der Waals surface area contributed by atoms with E-state index in [9.17, 15) is 4.79 Å². The molecule has 1 nitrogen and oxygen atoms in total. The number of ketones is 1. The molecule has 0 amide bonds. The molecule has 0 atom stereocenters. The molecule has 0 saturated carbocycles. The average Bonchev–Trinajstić information content (AvgIpc) is 2.47. The highest BCUT2D eigenvalue weighted by molar-refractivity contribution is 7.85. The molecule has 0 bridgehead atoms. The Morgan fingerprint density at radius 2 is 1.68 bits per heavy atom. The van der Waals surface area contributed by atoms with Crippen molar-refractivity contribution in [3.8, 4) is 11.2 Å². The predicted molar refractivity (Wildman–Crippen MR) is 82.1 cm³/mol. The van der Waals surface area contributed by atoms with Crippen molar-refractivity contribution in [3.05, 3.63) is 77.4 Å². The summed E-state index contributed by atoms with van der Waals surface area (Å²) >= 11 is 3.83. The summed E-state index contributed by atoms with van der Waals surface area (Å²) in [4.78, 5) is 11.9. The van der Waals surface area contributed by atoms with Crippen LogP contribution in [0.5, 0.6) is 0 Å². The Labute approximate surface area is 118 Å². The van der Waals surface area contributed by atoms with Crippen LogP contribution < -0.4 is 0 Å². The van der Waals surface area contributed by atoms with Crippen LogP contribution in [0, 0.1) is 11.2 Å². The van der Waals surface area contributed by atoms with Crippen molar-refractivity contribution >= 4 is 24.5 Å². The van der Waals surface area contributed by atoms with Gasteiger partial charge in [-0.3, -0.25) is 4.79 Å². The Bertz CT molecular complexity index is 643. The summed E-state index contributed by atoms with van der Waals surface area (Å²) in [6.45, 7) is 0. The minimum absolute atomic E-state index is 0.0192. The fourth-order valence-corrected chi connectivity index (χ4v) is 1.74. The van der Waals surface area contributed by atoms with Crippen LogP contribution >= 0.6 is 12.6 Å². The van der Waals surface area contributed by atoms with E-state index in [1.807, 2.05) is 48.5 Å². The van der Waals surface area contributed by atoms with E-state index in [2.05, 4.69) is 23.8 Å². The zero-order chi connectivity index (χ0) is 13.5. The average molecular weight is 264 g/mol. The molecule has 2 rings (SSSR count). The Morgan fingerprint density at radius 3 is 2.32 bits per heavy atom. The smallest absolute Gasteiger partial charge is 0.185 e. The maximum Gasteiger partial charge on any atom is 0.185 e. The molecule has 2 aromatic rings. The predicted octanol–water partition coefficient (Wildman–Crippen LogP) is 3.82. The van der Waals surface area contributed by atoms with Crippen LogP contribution in [-0.4, -0.2) is 5.78 Å². The van der Waals surface area contributed by atoms with Gasteiger partial charge in [0.2, 0.25) is 0 Å². The normalized spacial score (nSPS) is 9.95. The first kappa shape index (κ1) is 13.2. The highest BCUT2D eigenvalue weighted by Gasteiger charge is 2.00. The van der Waals surface area contributed by atoms with E-state index >= 15 is 0 Å². The Morgan fingerprint density at radius 1 is 1.00 bits per heavy atom. The summed E-state index contributed by atoms with van der Waals surface area (Å²) in [5.41, 5.74) is 2.50. The molecule has 19 heavy (non-hydrogen) atoms. The van der Waals surface area contributed by atoms with Gasteiger partial charge in [-0.2, -0.15) is 0 Å². The van der Waals surface area contributed by atoms with Gasteiger partial charge in [0, 0.05) is 11.1 Å². The molecule has 0 radical (unpaired) electrons. The molecule has 0 aromatic heterocycles. The highest BCUT2D eigenvalue weighted by atomic mass is 32.1. The third kappa shape index (κ3) is 3.87. The van der Waals surface area contributed by atoms with Crippen LogP contribution in [0.2, 0.25) is 0 Å². The lowest BCUT2D eigenvalue weighted by Gasteiger charge is -1.96. The zero-order valence-electron chi connectivity index (χ0n) is 10.2. The van der Waals surface area contributed by atoms with E-state index in [1.165, 1.54) is 0 Å². The van der Waals surface area contributed by atoms with Gasteiger partial charge in [0.05, 0.1) is 0 Å². The third-order valence-electron chi connectivity index (χ3n) is 2.60. The number of benzene rings is 2. The topological polar surface area (TPSA) is 17.1 Å². The Kier molecular flexibility index (Phi) is 4.60. The number of hydrogen-bond acceptors (Lipinski definition) is 2. The van der Waals surface area contributed by atoms with Gasteiger partial charge in [0.15, 0.2) is 5.78 Å². The van der Waals surface area contributed by atoms with Gasteiger partial charge in [0.25, 0.3) is 0 Å². The van der Waals surface area contributed by atoms with Crippen LogP contribution in [0.1, 0.15) is 21.5 Å².